The maximum atomic E-state index is 11.0. The van der Waals surface area contributed by atoms with Gasteiger partial charge in [-0.15, -0.1) is 0 Å². The van der Waals surface area contributed by atoms with Crippen molar-refractivity contribution < 1.29 is 19.2 Å². The van der Waals surface area contributed by atoms with Crippen LogP contribution in [0, 0.1) is 11.8 Å². The number of benzene rings is 1. The van der Waals surface area contributed by atoms with E-state index in [0.29, 0.717) is 5.76 Å². The van der Waals surface area contributed by atoms with Crippen molar-refractivity contribution in [1.82, 2.24) is 10.5 Å². The van der Waals surface area contributed by atoms with Crippen LogP contribution >= 0.6 is 0 Å². The first-order chi connectivity index (χ1) is 11.7. The van der Waals surface area contributed by atoms with Gasteiger partial charge >= 0.3 is 5.97 Å². The SMILES string of the molecule is COc1ccc(-c2cc(CC3CNCCC3CC(=O)O)no2)cc1. The number of carbonyl (C=O) groups is 1. The van der Waals surface area contributed by atoms with Gasteiger partial charge in [0.05, 0.1) is 12.8 Å². The lowest BCUT2D eigenvalue weighted by atomic mass is 9.81. The van der Waals surface area contributed by atoms with Gasteiger partial charge in [-0.2, -0.15) is 0 Å². The summed E-state index contributed by atoms with van der Waals surface area (Å²) in [6.07, 6.45) is 1.83. The van der Waals surface area contributed by atoms with Gasteiger partial charge in [-0.25, -0.2) is 0 Å². The smallest absolute Gasteiger partial charge is 0.303 e. The van der Waals surface area contributed by atoms with Crippen molar-refractivity contribution in [2.24, 2.45) is 11.8 Å². The number of aromatic nitrogens is 1. The first-order valence-corrected chi connectivity index (χ1v) is 8.18. The lowest BCUT2D eigenvalue weighted by Crippen LogP contribution is -2.38. The monoisotopic (exact) mass is 330 g/mol. The minimum Gasteiger partial charge on any atom is -0.497 e. The standard InChI is InChI=1S/C18H22N2O4/c1-23-16-4-2-12(3-5-16)17-10-15(20-24-17)8-14-11-19-7-6-13(14)9-18(21)22/h2-5,10,13-14,19H,6-9,11H2,1H3,(H,21,22). The Bertz CT molecular complexity index is 681. The zero-order valence-corrected chi connectivity index (χ0v) is 13.7. The zero-order chi connectivity index (χ0) is 16.9. The van der Waals surface area contributed by atoms with Crippen LogP contribution in [0.4, 0.5) is 0 Å². The number of carboxylic acids is 1. The third kappa shape index (κ3) is 3.94. The van der Waals surface area contributed by atoms with E-state index in [2.05, 4.69) is 10.5 Å². The number of methoxy groups -OCH3 is 1. The van der Waals surface area contributed by atoms with E-state index >= 15 is 0 Å². The summed E-state index contributed by atoms with van der Waals surface area (Å²) < 4.78 is 10.6. The number of nitrogens with one attached hydrogen (secondary N) is 1. The van der Waals surface area contributed by atoms with Crippen LogP contribution in [0.1, 0.15) is 18.5 Å². The molecule has 1 aromatic carbocycles. The van der Waals surface area contributed by atoms with Crippen LogP contribution in [-0.4, -0.2) is 36.4 Å². The van der Waals surface area contributed by atoms with Crippen molar-refractivity contribution in [1.29, 1.82) is 0 Å². The topological polar surface area (TPSA) is 84.6 Å². The molecule has 1 aliphatic heterocycles. The Hall–Kier alpha value is -2.34. The van der Waals surface area contributed by atoms with Gasteiger partial charge in [0.15, 0.2) is 5.76 Å². The molecule has 24 heavy (non-hydrogen) atoms. The van der Waals surface area contributed by atoms with Crippen molar-refractivity contribution in [3.05, 3.63) is 36.0 Å². The minimum absolute atomic E-state index is 0.185. The Morgan fingerprint density at radius 3 is 2.88 bits per heavy atom. The van der Waals surface area contributed by atoms with E-state index < -0.39 is 5.97 Å². The molecule has 0 radical (unpaired) electrons. The highest BCUT2D eigenvalue weighted by atomic mass is 16.5. The van der Waals surface area contributed by atoms with E-state index in [0.717, 1.165) is 42.9 Å². The molecule has 0 amide bonds. The molecule has 0 saturated carbocycles. The molecule has 0 aliphatic carbocycles. The van der Waals surface area contributed by atoms with Gasteiger partial charge in [-0.3, -0.25) is 4.79 Å². The van der Waals surface area contributed by atoms with E-state index in [-0.39, 0.29) is 18.3 Å². The molecule has 0 spiro atoms. The molecule has 128 valence electrons. The Labute approximate surface area is 140 Å². The molecule has 2 unspecified atom stereocenters. The molecular weight excluding hydrogens is 308 g/mol. The number of rotatable bonds is 6. The molecule has 6 heteroatoms. The van der Waals surface area contributed by atoms with Crippen LogP contribution < -0.4 is 10.1 Å². The average molecular weight is 330 g/mol. The summed E-state index contributed by atoms with van der Waals surface area (Å²) in [5, 5.41) is 16.6. The lowest BCUT2D eigenvalue weighted by molar-refractivity contribution is -0.138. The van der Waals surface area contributed by atoms with Crippen LogP contribution in [0.15, 0.2) is 34.9 Å². The molecule has 2 aromatic rings. The summed E-state index contributed by atoms with van der Waals surface area (Å²) in [6.45, 7) is 1.70. The second-order valence-corrected chi connectivity index (χ2v) is 6.23. The van der Waals surface area contributed by atoms with Crippen LogP contribution in [0.5, 0.6) is 5.75 Å². The van der Waals surface area contributed by atoms with Gasteiger partial charge in [0.25, 0.3) is 0 Å². The highest BCUT2D eigenvalue weighted by Crippen LogP contribution is 2.28. The van der Waals surface area contributed by atoms with Crippen molar-refractivity contribution in [2.75, 3.05) is 20.2 Å². The lowest BCUT2D eigenvalue weighted by Gasteiger charge is -2.30. The zero-order valence-electron chi connectivity index (χ0n) is 13.7. The van der Waals surface area contributed by atoms with E-state index in [1.807, 2.05) is 30.3 Å². The van der Waals surface area contributed by atoms with Gasteiger partial charge in [-0.05, 0) is 62.0 Å². The molecule has 6 nitrogen and oxygen atoms in total. The number of carboxylic acid groups (broad SMARTS) is 1. The highest BCUT2D eigenvalue weighted by Gasteiger charge is 2.28. The molecule has 1 fully saturated rings. The third-order valence-electron chi connectivity index (χ3n) is 4.61. The van der Waals surface area contributed by atoms with Crippen LogP contribution in [0.2, 0.25) is 0 Å². The van der Waals surface area contributed by atoms with E-state index in [1.54, 1.807) is 7.11 Å². The number of aliphatic carboxylic acids is 1. The molecule has 1 aliphatic rings. The fourth-order valence-electron chi connectivity index (χ4n) is 3.28. The molecule has 2 atom stereocenters. The predicted molar refractivity (Wildman–Crippen MR) is 88.9 cm³/mol. The number of piperidine rings is 1. The highest BCUT2D eigenvalue weighted by molar-refractivity contribution is 5.67. The van der Waals surface area contributed by atoms with Gasteiger partial charge < -0.3 is 19.7 Å². The van der Waals surface area contributed by atoms with Gasteiger partial charge in [0, 0.05) is 18.1 Å². The predicted octanol–water partition coefficient (Wildman–Crippen LogP) is 2.59. The summed E-state index contributed by atoms with van der Waals surface area (Å²) in [4.78, 5) is 11.0. The fraction of sp³-hybridized carbons (Fsp3) is 0.444. The van der Waals surface area contributed by atoms with E-state index in [1.165, 1.54) is 0 Å². The molecule has 2 heterocycles. The Morgan fingerprint density at radius 2 is 2.17 bits per heavy atom. The summed E-state index contributed by atoms with van der Waals surface area (Å²) in [6, 6.07) is 9.56. The number of hydrogen-bond donors (Lipinski definition) is 2. The van der Waals surface area contributed by atoms with E-state index in [4.69, 9.17) is 14.4 Å². The molecule has 1 saturated heterocycles. The van der Waals surface area contributed by atoms with Gasteiger partial charge in [0.1, 0.15) is 5.75 Å². The maximum Gasteiger partial charge on any atom is 0.303 e. The molecule has 1 aromatic heterocycles. The van der Waals surface area contributed by atoms with Crippen molar-refractivity contribution in [2.45, 2.75) is 19.3 Å². The van der Waals surface area contributed by atoms with Crippen LogP contribution in [0.25, 0.3) is 11.3 Å². The summed E-state index contributed by atoms with van der Waals surface area (Å²) >= 11 is 0. The first kappa shape index (κ1) is 16.5. The Kier molecular flexibility index (Phi) is 5.15. The van der Waals surface area contributed by atoms with Gasteiger partial charge in [0.2, 0.25) is 0 Å². The Balaban J connectivity index is 1.69. The minimum atomic E-state index is -0.731. The van der Waals surface area contributed by atoms with E-state index in [9.17, 15) is 4.79 Å². The molecular formula is C18H22N2O4. The molecule has 2 N–H and O–H groups in total. The summed E-state index contributed by atoms with van der Waals surface area (Å²) in [7, 11) is 1.63. The summed E-state index contributed by atoms with van der Waals surface area (Å²) in [5.41, 5.74) is 1.81. The van der Waals surface area contributed by atoms with Crippen molar-refractivity contribution in [3.8, 4) is 17.1 Å². The normalized spacial score (nSPS) is 20.7. The number of ether oxygens (including phenoxy) is 1. The Morgan fingerprint density at radius 1 is 1.38 bits per heavy atom. The number of hydrogen-bond acceptors (Lipinski definition) is 5. The summed E-state index contributed by atoms with van der Waals surface area (Å²) in [5.74, 6) is 1.23. The first-order valence-electron chi connectivity index (χ1n) is 8.18. The average Bonchev–Trinajstić information content (AvgIpc) is 3.05. The second-order valence-electron chi connectivity index (χ2n) is 6.23. The van der Waals surface area contributed by atoms with Gasteiger partial charge in [-0.1, -0.05) is 5.16 Å². The second kappa shape index (κ2) is 7.49. The van der Waals surface area contributed by atoms with Crippen LogP contribution in [-0.2, 0) is 11.2 Å². The van der Waals surface area contributed by atoms with Crippen LogP contribution in [0.3, 0.4) is 0 Å². The maximum absolute atomic E-state index is 11.0. The van der Waals surface area contributed by atoms with Crippen molar-refractivity contribution in [3.63, 3.8) is 0 Å². The fourth-order valence-corrected chi connectivity index (χ4v) is 3.28. The molecule has 3 rings (SSSR count). The molecule has 0 bridgehead atoms. The van der Waals surface area contributed by atoms with Crippen molar-refractivity contribution >= 4 is 5.97 Å². The largest absolute Gasteiger partial charge is 0.497 e. The third-order valence-corrected chi connectivity index (χ3v) is 4.61. The quantitative estimate of drug-likeness (QED) is 0.847. The number of nitrogens with zero attached hydrogens (tertiary/aromatic N) is 1.